The summed E-state index contributed by atoms with van der Waals surface area (Å²) in [7, 11) is 0. The van der Waals surface area contributed by atoms with Crippen LogP contribution in [0.15, 0.2) is 48.7 Å². The highest BCUT2D eigenvalue weighted by Gasteiger charge is 2.21. The molecule has 0 saturated heterocycles. The molecule has 182 valence electrons. The van der Waals surface area contributed by atoms with E-state index in [9.17, 15) is 9.59 Å². The van der Waals surface area contributed by atoms with Gasteiger partial charge in [0.1, 0.15) is 0 Å². The Hall–Kier alpha value is -3.28. The first-order valence-corrected chi connectivity index (χ1v) is 12.3. The van der Waals surface area contributed by atoms with Crippen molar-refractivity contribution in [3.05, 3.63) is 65.4 Å². The zero-order valence-electron chi connectivity index (χ0n) is 20.7. The molecule has 1 aromatic heterocycles. The number of amides is 1. The van der Waals surface area contributed by atoms with Crippen molar-refractivity contribution < 1.29 is 14.7 Å². The zero-order valence-corrected chi connectivity index (χ0v) is 20.7. The molecule has 0 spiro atoms. The van der Waals surface area contributed by atoms with Gasteiger partial charge in [0, 0.05) is 42.3 Å². The number of carboxylic acids is 1. The third kappa shape index (κ3) is 6.40. The lowest BCUT2D eigenvalue weighted by Gasteiger charge is -2.29. The lowest BCUT2D eigenvalue weighted by Crippen LogP contribution is -2.32. The second-order valence-electron chi connectivity index (χ2n) is 9.25. The number of rotatable bonds is 12. The Labute approximate surface area is 202 Å². The SMILES string of the molecule is CCN(CC)c1ccccc1C(CC(C)C)NC(=O)Cc1ccc2[nH]cc(CCC(=O)O)c2c1. The third-order valence-corrected chi connectivity index (χ3v) is 6.26. The van der Waals surface area contributed by atoms with Crippen LogP contribution in [0.4, 0.5) is 5.69 Å². The van der Waals surface area contributed by atoms with Gasteiger partial charge < -0.3 is 20.3 Å². The number of aromatic nitrogens is 1. The molecule has 3 N–H and O–H groups in total. The van der Waals surface area contributed by atoms with E-state index < -0.39 is 5.97 Å². The Bertz CT molecular complexity index is 1120. The van der Waals surface area contributed by atoms with Gasteiger partial charge in [0.2, 0.25) is 5.91 Å². The predicted octanol–water partition coefficient (Wildman–Crippen LogP) is 5.48. The number of carbonyl (C=O) groups is 2. The van der Waals surface area contributed by atoms with E-state index in [1.165, 1.54) is 5.69 Å². The third-order valence-electron chi connectivity index (χ3n) is 6.26. The van der Waals surface area contributed by atoms with Crippen LogP contribution in [-0.2, 0) is 22.4 Å². The second kappa shape index (κ2) is 11.7. The van der Waals surface area contributed by atoms with Crippen LogP contribution in [0.25, 0.3) is 10.9 Å². The Balaban J connectivity index is 1.80. The maximum absolute atomic E-state index is 13.2. The van der Waals surface area contributed by atoms with Crippen molar-refractivity contribution in [1.29, 1.82) is 0 Å². The molecule has 1 amide bonds. The van der Waals surface area contributed by atoms with Gasteiger partial charge >= 0.3 is 5.97 Å². The van der Waals surface area contributed by atoms with E-state index in [-0.39, 0.29) is 24.8 Å². The number of carboxylic acid groups (broad SMARTS) is 1. The molecule has 0 aliphatic carbocycles. The van der Waals surface area contributed by atoms with Gasteiger partial charge in [0.15, 0.2) is 0 Å². The topological polar surface area (TPSA) is 85.4 Å². The number of hydrogen-bond acceptors (Lipinski definition) is 3. The van der Waals surface area contributed by atoms with Crippen molar-refractivity contribution in [3.63, 3.8) is 0 Å². The summed E-state index contributed by atoms with van der Waals surface area (Å²) in [5, 5.41) is 13.3. The van der Waals surface area contributed by atoms with E-state index in [2.05, 4.69) is 61.1 Å². The number of anilines is 1. The first-order valence-electron chi connectivity index (χ1n) is 12.3. The van der Waals surface area contributed by atoms with Crippen molar-refractivity contribution in [3.8, 4) is 0 Å². The van der Waals surface area contributed by atoms with Gasteiger partial charge in [-0.1, -0.05) is 38.1 Å². The quantitative estimate of drug-likeness (QED) is 0.332. The van der Waals surface area contributed by atoms with Crippen LogP contribution in [0.5, 0.6) is 0 Å². The van der Waals surface area contributed by atoms with Crippen LogP contribution < -0.4 is 10.2 Å². The Morgan fingerprint density at radius 3 is 2.50 bits per heavy atom. The average Bonchev–Trinajstić information content (AvgIpc) is 3.20. The average molecular weight is 464 g/mol. The molecule has 34 heavy (non-hydrogen) atoms. The predicted molar refractivity (Wildman–Crippen MR) is 138 cm³/mol. The number of hydrogen-bond donors (Lipinski definition) is 3. The first kappa shape index (κ1) is 25.3. The first-order chi connectivity index (χ1) is 16.3. The Kier molecular flexibility index (Phi) is 8.74. The number of fused-ring (bicyclic) bond motifs is 1. The lowest BCUT2D eigenvalue weighted by atomic mass is 9.94. The van der Waals surface area contributed by atoms with Crippen molar-refractivity contribution >= 4 is 28.5 Å². The largest absolute Gasteiger partial charge is 0.481 e. The summed E-state index contributed by atoms with van der Waals surface area (Å²) in [6.45, 7) is 10.5. The maximum atomic E-state index is 13.2. The molecule has 3 aromatic rings. The smallest absolute Gasteiger partial charge is 0.303 e. The molecule has 0 radical (unpaired) electrons. The number of carbonyl (C=O) groups excluding carboxylic acids is 1. The zero-order chi connectivity index (χ0) is 24.7. The number of para-hydroxylation sites is 1. The molecule has 2 aromatic carbocycles. The standard InChI is InChI=1S/C28H37N3O3/c1-5-31(6-2)26-10-8-7-9-22(26)25(15-19(3)4)30-27(32)17-20-11-13-24-23(16-20)21(18-29-24)12-14-28(33)34/h7-11,13,16,18-19,25,29H,5-6,12,14-15,17H2,1-4H3,(H,30,32)(H,33,34). The lowest BCUT2D eigenvalue weighted by molar-refractivity contribution is -0.137. The second-order valence-corrected chi connectivity index (χ2v) is 9.25. The number of benzene rings is 2. The molecule has 0 saturated carbocycles. The van der Waals surface area contributed by atoms with E-state index in [4.69, 9.17) is 5.11 Å². The van der Waals surface area contributed by atoms with Crippen LogP contribution >= 0.6 is 0 Å². The van der Waals surface area contributed by atoms with E-state index in [0.717, 1.165) is 47.1 Å². The molecular weight excluding hydrogens is 426 g/mol. The number of aryl methyl sites for hydroxylation is 1. The van der Waals surface area contributed by atoms with Gasteiger partial charge in [0.25, 0.3) is 0 Å². The number of nitrogens with one attached hydrogen (secondary N) is 2. The highest BCUT2D eigenvalue weighted by atomic mass is 16.4. The molecule has 3 rings (SSSR count). The molecule has 1 unspecified atom stereocenters. The monoisotopic (exact) mass is 463 g/mol. The molecule has 0 bridgehead atoms. The van der Waals surface area contributed by atoms with E-state index >= 15 is 0 Å². The van der Waals surface area contributed by atoms with Gasteiger partial charge in [-0.3, -0.25) is 9.59 Å². The van der Waals surface area contributed by atoms with Gasteiger partial charge in [0.05, 0.1) is 12.5 Å². The fourth-order valence-corrected chi connectivity index (χ4v) is 4.58. The van der Waals surface area contributed by atoms with Crippen molar-refractivity contribution in [2.24, 2.45) is 5.92 Å². The van der Waals surface area contributed by atoms with Crippen molar-refractivity contribution in [2.75, 3.05) is 18.0 Å². The van der Waals surface area contributed by atoms with Gasteiger partial charge in [-0.2, -0.15) is 0 Å². The molecule has 6 nitrogen and oxygen atoms in total. The van der Waals surface area contributed by atoms with E-state index in [1.807, 2.05) is 30.5 Å². The summed E-state index contributed by atoms with van der Waals surface area (Å²) in [5.74, 6) is -0.393. The van der Waals surface area contributed by atoms with Gasteiger partial charge in [-0.25, -0.2) is 0 Å². The minimum atomic E-state index is -0.814. The van der Waals surface area contributed by atoms with Crippen LogP contribution in [0.1, 0.15) is 63.3 Å². The molecule has 0 aliphatic rings. The molecule has 1 atom stereocenters. The van der Waals surface area contributed by atoms with Crippen molar-refractivity contribution in [1.82, 2.24) is 10.3 Å². The summed E-state index contributed by atoms with van der Waals surface area (Å²) in [5.41, 5.74) is 5.17. The minimum Gasteiger partial charge on any atom is -0.481 e. The van der Waals surface area contributed by atoms with E-state index in [1.54, 1.807) is 0 Å². The fourth-order valence-electron chi connectivity index (χ4n) is 4.58. The Morgan fingerprint density at radius 1 is 1.09 bits per heavy atom. The Morgan fingerprint density at radius 2 is 1.82 bits per heavy atom. The number of H-pyrrole nitrogens is 1. The number of nitrogens with zero attached hydrogens (tertiary/aromatic N) is 1. The summed E-state index contributed by atoms with van der Waals surface area (Å²) >= 11 is 0. The van der Waals surface area contributed by atoms with Crippen LogP contribution in [0, 0.1) is 5.92 Å². The summed E-state index contributed by atoms with van der Waals surface area (Å²) < 4.78 is 0. The summed E-state index contributed by atoms with van der Waals surface area (Å²) in [6, 6.07) is 14.2. The number of aliphatic carboxylic acids is 1. The van der Waals surface area contributed by atoms with Crippen LogP contribution in [0.2, 0.25) is 0 Å². The van der Waals surface area contributed by atoms with E-state index in [0.29, 0.717) is 12.3 Å². The highest BCUT2D eigenvalue weighted by molar-refractivity contribution is 5.86. The fraction of sp³-hybridized carbons (Fsp3) is 0.429. The normalized spacial score (nSPS) is 12.1. The van der Waals surface area contributed by atoms with Crippen LogP contribution in [0.3, 0.4) is 0 Å². The van der Waals surface area contributed by atoms with Gasteiger partial charge in [-0.05, 0) is 67.5 Å². The minimum absolute atomic E-state index is 0.0121. The molecule has 0 fully saturated rings. The molecule has 1 heterocycles. The maximum Gasteiger partial charge on any atom is 0.303 e. The highest BCUT2D eigenvalue weighted by Crippen LogP contribution is 2.30. The number of aromatic amines is 1. The molecular formula is C28H37N3O3. The van der Waals surface area contributed by atoms with Gasteiger partial charge in [-0.15, -0.1) is 0 Å². The van der Waals surface area contributed by atoms with Crippen LogP contribution in [-0.4, -0.2) is 35.1 Å². The molecule has 0 aliphatic heterocycles. The van der Waals surface area contributed by atoms with Crippen molar-refractivity contribution in [2.45, 2.75) is 59.4 Å². The summed E-state index contributed by atoms with van der Waals surface area (Å²) in [4.78, 5) is 29.7. The summed E-state index contributed by atoms with van der Waals surface area (Å²) in [6.07, 6.45) is 3.55. The molecule has 6 heteroatoms.